The highest BCUT2D eigenvalue weighted by atomic mass is 35.5. The minimum Gasteiger partial charge on any atom is -0.508 e. The van der Waals surface area contributed by atoms with E-state index in [1.54, 1.807) is 18.2 Å². The lowest BCUT2D eigenvalue weighted by Crippen LogP contribution is -2.32. The first-order chi connectivity index (χ1) is 17.3. The summed E-state index contributed by atoms with van der Waals surface area (Å²) in [6.45, 7) is 2.10. The topological polar surface area (TPSA) is 102 Å². The largest absolute Gasteiger partial charge is 0.508 e. The van der Waals surface area contributed by atoms with Crippen LogP contribution in [-0.2, 0) is 30.8 Å². The molecule has 0 bridgehead atoms. The van der Waals surface area contributed by atoms with Crippen LogP contribution in [0.5, 0.6) is 5.75 Å². The summed E-state index contributed by atoms with van der Waals surface area (Å²) < 4.78 is 13.9. The average Bonchev–Trinajstić information content (AvgIpc) is 2.86. The van der Waals surface area contributed by atoms with Crippen LogP contribution in [0.4, 0.5) is 4.39 Å². The number of amides is 1. The average molecular weight is 515 g/mol. The van der Waals surface area contributed by atoms with Gasteiger partial charge in [-0.15, -0.1) is 0 Å². The van der Waals surface area contributed by atoms with Crippen LogP contribution in [-0.4, -0.2) is 33.8 Å². The van der Waals surface area contributed by atoms with Gasteiger partial charge in [0.1, 0.15) is 11.6 Å². The fourth-order valence-electron chi connectivity index (χ4n) is 3.94. The second kappa shape index (κ2) is 13.4. The number of hydrogen-bond acceptors (Lipinski definition) is 5. The molecule has 0 heterocycles. The Balaban J connectivity index is 1.45. The molecule has 3 rings (SSSR count). The molecular formula is C28H32ClFN2O4. The highest BCUT2D eigenvalue weighted by molar-refractivity contribution is 6.31. The predicted molar refractivity (Wildman–Crippen MR) is 138 cm³/mol. The fraction of sp³-hybridized carbons (Fsp3) is 0.321. The lowest BCUT2D eigenvalue weighted by atomic mass is 10.0. The Morgan fingerprint density at radius 3 is 2.58 bits per heavy atom. The molecule has 192 valence electrons. The second-order valence-corrected chi connectivity index (χ2v) is 9.28. The van der Waals surface area contributed by atoms with Gasteiger partial charge in [0.2, 0.25) is 5.91 Å². The molecule has 0 aliphatic heterocycles. The standard InChI is InChI=1S/C28H32ClFN2O4/c1-18(31-16-27(35)21-9-10-26(34)22(14-21)17-33)12-20-5-2-4-19(13-20)8-11-28(36)32-15-23-24(29)6-3-7-25(23)30/h2-7,9-10,13-14,18,27,31,33-35H,8,11-12,15-17H2,1H3,(H,32,36)/t18-,27-/m1/s1. The fourth-order valence-corrected chi connectivity index (χ4v) is 4.17. The van der Waals surface area contributed by atoms with Gasteiger partial charge in [-0.05, 0) is 60.7 Å². The number of aliphatic hydroxyl groups is 2. The molecule has 0 aliphatic carbocycles. The number of nitrogens with one attached hydrogen (secondary N) is 2. The molecule has 0 saturated carbocycles. The first kappa shape index (κ1) is 27.6. The number of rotatable bonds is 12. The van der Waals surface area contributed by atoms with E-state index in [1.807, 2.05) is 25.1 Å². The molecule has 8 heteroatoms. The van der Waals surface area contributed by atoms with Crippen molar-refractivity contribution >= 4 is 17.5 Å². The van der Waals surface area contributed by atoms with Gasteiger partial charge in [-0.3, -0.25) is 4.79 Å². The number of aromatic hydroxyl groups is 1. The maximum Gasteiger partial charge on any atom is 0.220 e. The summed E-state index contributed by atoms with van der Waals surface area (Å²) in [4.78, 5) is 12.3. The van der Waals surface area contributed by atoms with Crippen molar-refractivity contribution in [1.29, 1.82) is 0 Å². The monoisotopic (exact) mass is 514 g/mol. The van der Waals surface area contributed by atoms with Crippen molar-refractivity contribution in [2.45, 2.75) is 51.5 Å². The predicted octanol–water partition coefficient (Wildman–Crippen LogP) is 4.18. The smallest absolute Gasteiger partial charge is 0.220 e. The number of halogens is 2. The normalized spacial score (nSPS) is 12.8. The lowest BCUT2D eigenvalue weighted by molar-refractivity contribution is -0.121. The van der Waals surface area contributed by atoms with Gasteiger partial charge in [-0.1, -0.05) is 48.0 Å². The van der Waals surface area contributed by atoms with Gasteiger partial charge in [0.05, 0.1) is 12.7 Å². The summed E-state index contributed by atoms with van der Waals surface area (Å²) in [5.41, 5.74) is 3.41. The summed E-state index contributed by atoms with van der Waals surface area (Å²) in [5.74, 6) is -0.618. The van der Waals surface area contributed by atoms with Crippen LogP contribution in [0.15, 0.2) is 60.7 Å². The van der Waals surface area contributed by atoms with Crippen LogP contribution in [0.3, 0.4) is 0 Å². The third-order valence-corrected chi connectivity index (χ3v) is 6.37. The highest BCUT2D eigenvalue weighted by Gasteiger charge is 2.13. The Bertz CT molecular complexity index is 1150. The minimum atomic E-state index is -0.776. The number of benzene rings is 3. The molecule has 0 fully saturated rings. The van der Waals surface area contributed by atoms with E-state index in [0.29, 0.717) is 24.1 Å². The zero-order valence-electron chi connectivity index (χ0n) is 20.2. The van der Waals surface area contributed by atoms with Crippen LogP contribution in [0.2, 0.25) is 5.02 Å². The van der Waals surface area contributed by atoms with Gasteiger partial charge in [0, 0.05) is 41.7 Å². The number of aryl methyl sites for hydroxylation is 1. The summed E-state index contributed by atoms with van der Waals surface area (Å²) >= 11 is 6.01. The Morgan fingerprint density at radius 2 is 1.83 bits per heavy atom. The molecule has 6 nitrogen and oxygen atoms in total. The Morgan fingerprint density at radius 1 is 1.08 bits per heavy atom. The van der Waals surface area contributed by atoms with Crippen LogP contribution in [0.1, 0.15) is 47.3 Å². The first-order valence-electron chi connectivity index (χ1n) is 11.9. The molecule has 36 heavy (non-hydrogen) atoms. The quantitative estimate of drug-likeness (QED) is 0.249. The summed E-state index contributed by atoms with van der Waals surface area (Å²) in [6.07, 6.45) is 0.787. The Kier molecular flexibility index (Phi) is 10.3. The Hall–Kier alpha value is -2.97. The van der Waals surface area contributed by atoms with Crippen molar-refractivity contribution in [2.75, 3.05) is 6.54 Å². The van der Waals surface area contributed by atoms with E-state index in [0.717, 1.165) is 17.5 Å². The summed E-state index contributed by atoms with van der Waals surface area (Å²) in [6, 6.07) is 17.2. The molecule has 2 atom stereocenters. The SMILES string of the molecule is C[C@H](Cc1cccc(CCC(=O)NCc2c(F)cccc2Cl)c1)NC[C@@H](O)c1ccc(O)c(CO)c1. The van der Waals surface area contributed by atoms with E-state index >= 15 is 0 Å². The molecule has 0 radical (unpaired) electrons. The molecule has 0 aromatic heterocycles. The van der Waals surface area contributed by atoms with Crippen molar-refractivity contribution < 1.29 is 24.5 Å². The third-order valence-electron chi connectivity index (χ3n) is 6.02. The highest BCUT2D eigenvalue weighted by Crippen LogP contribution is 2.22. The van der Waals surface area contributed by atoms with E-state index in [1.165, 1.54) is 18.2 Å². The number of carbonyl (C=O) groups excluding carboxylic acids is 1. The van der Waals surface area contributed by atoms with Crippen molar-refractivity contribution in [1.82, 2.24) is 10.6 Å². The molecule has 3 aromatic rings. The first-order valence-corrected chi connectivity index (χ1v) is 12.3. The van der Waals surface area contributed by atoms with Crippen molar-refractivity contribution in [3.8, 4) is 5.75 Å². The second-order valence-electron chi connectivity index (χ2n) is 8.87. The maximum absolute atomic E-state index is 13.9. The van der Waals surface area contributed by atoms with Crippen LogP contribution >= 0.6 is 11.6 Å². The number of carbonyl (C=O) groups is 1. The number of hydrogen-bond donors (Lipinski definition) is 5. The van der Waals surface area contributed by atoms with E-state index in [4.69, 9.17) is 11.6 Å². The molecule has 0 unspecified atom stereocenters. The van der Waals surface area contributed by atoms with Crippen molar-refractivity contribution in [2.24, 2.45) is 0 Å². The third kappa shape index (κ3) is 8.03. The Labute approximate surface area is 215 Å². The zero-order valence-corrected chi connectivity index (χ0v) is 20.9. The molecular weight excluding hydrogens is 483 g/mol. The number of phenols is 1. The van der Waals surface area contributed by atoms with E-state index < -0.39 is 11.9 Å². The molecule has 1 amide bonds. The van der Waals surface area contributed by atoms with Gasteiger partial charge < -0.3 is 26.0 Å². The zero-order chi connectivity index (χ0) is 26.1. The van der Waals surface area contributed by atoms with Crippen LogP contribution < -0.4 is 10.6 Å². The van der Waals surface area contributed by atoms with Crippen LogP contribution in [0.25, 0.3) is 0 Å². The van der Waals surface area contributed by atoms with E-state index in [-0.39, 0.29) is 47.9 Å². The van der Waals surface area contributed by atoms with Gasteiger partial charge in [-0.2, -0.15) is 0 Å². The molecule has 0 saturated heterocycles. The molecule has 0 aliphatic rings. The van der Waals surface area contributed by atoms with Gasteiger partial charge in [0.25, 0.3) is 0 Å². The van der Waals surface area contributed by atoms with E-state index in [9.17, 15) is 24.5 Å². The summed E-state index contributed by atoms with van der Waals surface area (Å²) in [7, 11) is 0. The molecule has 5 N–H and O–H groups in total. The maximum atomic E-state index is 13.9. The minimum absolute atomic E-state index is 0.00151. The number of aliphatic hydroxyl groups excluding tert-OH is 2. The van der Waals surface area contributed by atoms with Gasteiger partial charge in [0.15, 0.2) is 0 Å². The van der Waals surface area contributed by atoms with Gasteiger partial charge >= 0.3 is 0 Å². The summed E-state index contributed by atoms with van der Waals surface area (Å²) in [5, 5.41) is 35.8. The lowest BCUT2D eigenvalue weighted by Gasteiger charge is -2.18. The van der Waals surface area contributed by atoms with Crippen LogP contribution in [0, 0.1) is 5.82 Å². The van der Waals surface area contributed by atoms with Crippen molar-refractivity contribution in [3.05, 3.63) is 99.3 Å². The molecule has 0 spiro atoms. The van der Waals surface area contributed by atoms with Crippen molar-refractivity contribution in [3.63, 3.8) is 0 Å². The molecule has 3 aromatic carbocycles. The van der Waals surface area contributed by atoms with Gasteiger partial charge in [-0.25, -0.2) is 4.39 Å². The van der Waals surface area contributed by atoms with E-state index in [2.05, 4.69) is 16.7 Å².